The van der Waals surface area contributed by atoms with E-state index < -0.39 is 0 Å². The van der Waals surface area contributed by atoms with Crippen LogP contribution in [0.3, 0.4) is 0 Å². The zero-order valence-corrected chi connectivity index (χ0v) is 10.9. The number of anilines is 1. The van der Waals surface area contributed by atoms with Gasteiger partial charge in [-0.1, -0.05) is 11.6 Å². The molecule has 2 rings (SSSR count). The van der Waals surface area contributed by atoms with E-state index >= 15 is 0 Å². The van der Waals surface area contributed by atoms with Crippen molar-refractivity contribution < 1.29 is 0 Å². The molecule has 1 atom stereocenters. The highest BCUT2D eigenvalue weighted by molar-refractivity contribution is 6.30. The van der Waals surface area contributed by atoms with E-state index in [9.17, 15) is 0 Å². The van der Waals surface area contributed by atoms with Gasteiger partial charge in [0.2, 0.25) is 0 Å². The summed E-state index contributed by atoms with van der Waals surface area (Å²) in [7, 11) is 2.00. The third kappa shape index (κ3) is 2.04. The van der Waals surface area contributed by atoms with Crippen molar-refractivity contribution in [1.82, 2.24) is 5.32 Å². The largest absolute Gasteiger partial charge is 0.368 e. The van der Waals surface area contributed by atoms with Crippen LogP contribution in [-0.2, 0) is 0 Å². The minimum absolute atomic E-state index is 0.543. The molecule has 0 bridgehead atoms. The van der Waals surface area contributed by atoms with Crippen LogP contribution < -0.4 is 10.2 Å². The second kappa shape index (κ2) is 4.64. The van der Waals surface area contributed by atoms with Crippen molar-refractivity contribution in [3.63, 3.8) is 0 Å². The second-order valence-electron chi connectivity index (χ2n) is 4.70. The fourth-order valence-corrected chi connectivity index (χ4v) is 2.64. The van der Waals surface area contributed by atoms with Gasteiger partial charge in [0.15, 0.2) is 0 Å². The van der Waals surface area contributed by atoms with Crippen LogP contribution in [0.1, 0.15) is 25.3 Å². The Labute approximate surface area is 103 Å². The van der Waals surface area contributed by atoms with Crippen LogP contribution in [-0.4, -0.2) is 26.2 Å². The van der Waals surface area contributed by atoms with E-state index in [2.05, 4.69) is 36.2 Å². The van der Waals surface area contributed by atoms with E-state index in [1.165, 1.54) is 11.3 Å². The van der Waals surface area contributed by atoms with Gasteiger partial charge in [-0.15, -0.1) is 0 Å². The summed E-state index contributed by atoms with van der Waals surface area (Å²) in [6, 6.07) is 6.79. The summed E-state index contributed by atoms with van der Waals surface area (Å²) in [5.41, 5.74) is 2.73. The van der Waals surface area contributed by atoms with E-state index in [-0.39, 0.29) is 0 Å². The van der Waals surface area contributed by atoms with Gasteiger partial charge in [0.25, 0.3) is 0 Å². The van der Waals surface area contributed by atoms with E-state index in [1.54, 1.807) is 0 Å². The number of likely N-dealkylation sites (N-methyl/N-ethyl adjacent to an activating group) is 1. The molecule has 1 heterocycles. The molecule has 0 aliphatic carbocycles. The molecule has 1 N–H and O–H groups in total. The molecule has 0 aromatic heterocycles. The third-order valence-corrected chi connectivity index (χ3v) is 3.46. The summed E-state index contributed by atoms with van der Waals surface area (Å²) in [6.45, 7) is 6.57. The summed E-state index contributed by atoms with van der Waals surface area (Å²) in [6.07, 6.45) is 0. The highest BCUT2D eigenvalue weighted by Gasteiger charge is 2.29. The summed E-state index contributed by atoms with van der Waals surface area (Å²) in [5, 5.41) is 4.10. The van der Waals surface area contributed by atoms with Crippen molar-refractivity contribution in [2.45, 2.75) is 25.8 Å². The second-order valence-corrected chi connectivity index (χ2v) is 5.14. The Morgan fingerprint density at radius 1 is 1.50 bits per heavy atom. The molecule has 2 nitrogen and oxygen atoms in total. The number of nitrogens with zero attached hydrogens (tertiary/aromatic N) is 1. The molecule has 0 saturated heterocycles. The van der Waals surface area contributed by atoms with Gasteiger partial charge in [-0.2, -0.15) is 0 Å². The minimum Gasteiger partial charge on any atom is -0.368 e. The van der Waals surface area contributed by atoms with E-state index in [4.69, 9.17) is 11.6 Å². The Hall–Kier alpha value is -0.730. The molecule has 88 valence electrons. The van der Waals surface area contributed by atoms with Crippen molar-refractivity contribution in [2.24, 2.45) is 0 Å². The van der Waals surface area contributed by atoms with Crippen molar-refractivity contribution in [1.29, 1.82) is 0 Å². The first-order valence-corrected chi connectivity index (χ1v) is 6.22. The molecule has 16 heavy (non-hydrogen) atoms. The summed E-state index contributed by atoms with van der Waals surface area (Å²) in [4.78, 5) is 2.45. The zero-order chi connectivity index (χ0) is 11.7. The van der Waals surface area contributed by atoms with Gasteiger partial charge in [-0.25, -0.2) is 0 Å². The monoisotopic (exact) mass is 238 g/mol. The molecule has 1 aromatic carbocycles. The Kier molecular flexibility index (Phi) is 3.41. The lowest BCUT2D eigenvalue weighted by Gasteiger charge is -2.24. The van der Waals surface area contributed by atoms with E-state index in [0.717, 1.165) is 18.1 Å². The lowest BCUT2D eigenvalue weighted by Crippen LogP contribution is -2.31. The molecule has 1 aromatic rings. The van der Waals surface area contributed by atoms with Crippen LogP contribution in [0.5, 0.6) is 0 Å². The van der Waals surface area contributed by atoms with Crippen molar-refractivity contribution >= 4 is 17.3 Å². The number of benzene rings is 1. The van der Waals surface area contributed by atoms with Gasteiger partial charge in [-0.3, -0.25) is 0 Å². The van der Waals surface area contributed by atoms with E-state index in [0.29, 0.717) is 12.0 Å². The first-order valence-electron chi connectivity index (χ1n) is 5.84. The molecule has 3 heteroatoms. The molecule has 0 amide bonds. The number of rotatable bonds is 3. The molecule has 1 aliphatic heterocycles. The van der Waals surface area contributed by atoms with Crippen LogP contribution >= 0.6 is 11.6 Å². The van der Waals surface area contributed by atoms with Gasteiger partial charge in [-0.05, 0) is 44.7 Å². The van der Waals surface area contributed by atoms with Crippen LogP contribution in [0.25, 0.3) is 0 Å². The quantitative estimate of drug-likeness (QED) is 0.871. The van der Waals surface area contributed by atoms with Crippen molar-refractivity contribution in [3.8, 4) is 0 Å². The average Bonchev–Trinajstić information content (AvgIpc) is 2.58. The minimum atomic E-state index is 0.543. The SMILES string of the molecule is CNCC1CN(C(C)C)c2ccc(Cl)cc21. The predicted octanol–water partition coefficient (Wildman–Crippen LogP) is 2.87. The molecular weight excluding hydrogens is 220 g/mol. The molecular formula is C13H19ClN2. The molecule has 0 spiro atoms. The maximum absolute atomic E-state index is 6.08. The standard InChI is InChI=1S/C13H19ClN2/c1-9(2)16-8-10(7-15-3)12-6-11(14)4-5-13(12)16/h4-6,9-10,15H,7-8H2,1-3H3. The summed E-state index contributed by atoms with van der Waals surface area (Å²) >= 11 is 6.08. The van der Waals surface area contributed by atoms with E-state index in [1.807, 2.05) is 13.1 Å². The molecule has 1 unspecified atom stereocenters. The summed E-state index contributed by atoms with van der Waals surface area (Å²) in [5.74, 6) is 0.557. The van der Waals surface area contributed by atoms with Gasteiger partial charge in [0.1, 0.15) is 0 Å². The van der Waals surface area contributed by atoms with Gasteiger partial charge < -0.3 is 10.2 Å². The summed E-state index contributed by atoms with van der Waals surface area (Å²) < 4.78 is 0. The zero-order valence-electron chi connectivity index (χ0n) is 10.1. The normalized spacial score (nSPS) is 19.3. The lowest BCUT2D eigenvalue weighted by atomic mass is 10.0. The third-order valence-electron chi connectivity index (χ3n) is 3.23. The highest BCUT2D eigenvalue weighted by Crippen LogP contribution is 2.38. The predicted molar refractivity (Wildman–Crippen MR) is 70.6 cm³/mol. The first kappa shape index (κ1) is 11.7. The number of nitrogens with one attached hydrogen (secondary N) is 1. The molecule has 0 fully saturated rings. The fourth-order valence-electron chi connectivity index (χ4n) is 2.46. The number of hydrogen-bond donors (Lipinski definition) is 1. The smallest absolute Gasteiger partial charge is 0.0410 e. The Bertz CT molecular complexity index is 376. The Morgan fingerprint density at radius 3 is 2.88 bits per heavy atom. The van der Waals surface area contributed by atoms with Crippen LogP contribution in [0.15, 0.2) is 18.2 Å². The average molecular weight is 239 g/mol. The highest BCUT2D eigenvalue weighted by atomic mass is 35.5. The van der Waals surface area contributed by atoms with Crippen molar-refractivity contribution in [2.75, 3.05) is 25.0 Å². The van der Waals surface area contributed by atoms with Gasteiger partial charge in [0, 0.05) is 35.8 Å². The van der Waals surface area contributed by atoms with Crippen molar-refractivity contribution in [3.05, 3.63) is 28.8 Å². The lowest BCUT2D eigenvalue weighted by molar-refractivity contribution is 0.611. The topological polar surface area (TPSA) is 15.3 Å². The molecule has 0 saturated carbocycles. The number of halogens is 1. The maximum Gasteiger partial charge on any atom is 0.0410 e. The van der Waals surface area contributed by atoms with Crippen LogP contribution in [0.2, 0.25) is 5.02 Å². The maximum atomic E-state index is 6.08. The van der Waals surface area contributed by atoms with Gasteiger partial charge in [0.05, 0.1) is 0 Å². The Balaban J connectivity index is 2.36. The molecule has 0 radical (unpaired) electrons. The first-order chi connectivity index (χ1) is 7.63. The molecule has 1 aliphatic rings. The van der Waals surface area contributed by atoms with Crippen LogP contribution in [0.4, 0.5) is 5.69 Å². The number of fused-ring (bicyclic) bond motifs is 1. The van der Waals surface area contributed by atoms with Crippen LogP contribution in [0, 0.1) is 0 Å². The van der Waals surface area contributed by atoms with Gasteiger partial charge >= 0.3 is 0 Å². The Morgan fingerprint density at radius 2 is 2.25 bits per heavy atom. The fraction of sp³-hybridized carbons (Fsp3) is 0.538. The number of hydrogen-bond acceptors (Lipinski definition) is 2.